The van der Waals surface area contributed by atoms with Crippen LogP contribution in [0, 0.1) is 6.92 Å². The van der Waals surface area contributed by atoms with Gasteiger partial charge < -0.3 is 10.4 Å². The highest BCUT2D eigenvalue weighted by molar-refractivity contribution is 7.99. The van der Waals surface area contributed by atoms with Crippen LogP contribution in [0.3, 0.4) is 0 Å². The Morgan fingerprint density at radius 1 is 0.956 bits per heavy atom. The Bertz CT molecular complexity index is 1990. The Morgan fingerprint density at radius 3 is 2.51 bits per heavy atom. The molecule has 9 nitrogen and oxygen atoms in total. The third-order valence-electron chi connectivity index (χ3n) is 7.49. The van der Waals surface area contributed by atoms with Crippen LogP contribution in [-0.2, 0) is 11.3 Å². The average molecular weight is 636 g/mol. The third kappa shape index (κ3) is 6.54. The van der Waals surface area contributed by atoms with Crippen molar-refractivity contribution in [3.8, 4) is 22.8 Å². The first-order valence-corrected chi connectivity index (χ1v) is 16.4. The molecule has 0 unspecified atom stereocenters. The minimum absolute atomic E-state index is 0.160. The molecule has 3 heterocycles. The topological polar surface area (TPSA) is 109 Å². The summed E-state index contributed by atoms with van der Waals surface area (Å²) in [5, 5.41) is 30.0. The lowest BCUT2D eigenvalue weighted by molar-refractivity contribution is 0.251. The van der Waals surface area contributed by atoms with Crippen molar-refractivity contribution in [1.29, 1.82) is 0 Å². The largest absolute Gasteiger partial charge is 0.507 e. The van der Waals surface area contributed by atoms with Gasteiger partial charge in [-0.3, -0.25) is 9.72 Å². The van der Waals surface area contributed by atoms with Crippen LogP contribution >= 0.6 is 23.5 Å². The van der Waals surface area contributed by atoms with E-state index in [1.165, 1.54) is 0 Å². The molecule has 3 aromatic heterocycles. The molecule has 6 aromatic rings. The summed E-state index contributed by atoms with van der Waals surface area (Å²) in [6, 6.07) is 28.7. The number of fused-ring (bicyclic) bond motifs is 1. The van der Waals surface area contributed by atoms with E-state index in [9.17, 15) is 9.90 Å². The average Bonchev–Trinajstić information content (AvgIpc) is 3.66. The molecule has 0 aliphatic rings. The lowest BCUT2D eigenvalue weighted by Gasteiger charge is -2.18. The van der Waals surface area contributed by atoms with Gasteiger partial charge in [0.25, 0.3) is 0 Å². The Hall–Kier alpha value is -4.74. The lowest BCUT2D eigenvalue weighted by Crippen LogP contribution is -2.29. The molecule has 45 heavy (non-hydrogen) atoms. The van der Waals surface area contributed by atoms with E-state index in [1.807, 2.05) is 102 Å². The fourth-order valence-electron chi connectivity index (χ4n) is 4.79. The fraction of sp³-hybridized carbons (Fsp3) is 0.176. The van der Waals surface area contributed by atoms with Crippen LogP contribution in [0.15, 0.2) is 107 Å². The van der Waals surface area contributed by atoms with Crippen molar-refractivity contribution in [2.24, 2.45) is 0 Å². The molecular weight excluding hydrogens is 603 g/mol. The summed E-state index contributed by atoms with van der Waals surface area (Å²) in [5.41, 5.74) is 4.97. The first kappa shape index (κ1) is 30.3. The number of carbonyl (C=O) groups excluding carboxylic acids is 1. The van der Waals surface area contributed by atoms with Crippen LogP contribution in [0.2, 0.25) is 0 Å². The van der Waals surface area contributed by atoms with Crippen molar-refractivity contribution in [2.45, 2.75) is 41.9 Å². The second-order valence-corrected chi connectivity index (χ2v) is 13.6. The van der Waals surface area contributed by atoms with Gasteiger partial charge in [-0.25, -0.2) is 9.48 Å². The van der Waals surface area contributed by atoms with Gasteiger partial charge in [0.2, 0.25) is 0 Å². The molecular formula is C34H33N7O2S2. The van der Waals surface area contributed by atoms with Crippen LogP contribution in [0.1, 0.15) is 30.7 Å². The lowest BCUT2D eigenvalue weighted by atomic mass is 10.1. The number of nitrogens with zero attached hydrogens (tertiary/aromatic N) is 5. The quantitative estimate of drug-likeness (QED) is 0.150. The molecule has 0 aliphatic carbocycles. The number of phenols is 1. The van der Waals surface area contributed by atoms with E-state index in [2.05, 4.69) is 40.9 Å². The predicted octanol–water partition coefficient (Wildman–Crippen LogP) is 7.67. The van der Waals surface area contributed by atoms with E-state index in [0.29, 0.717) is 29.4 Å². The maximum absolute atomic E-state index is 13.2. The Morgan fingerprint density at radius 2 is 1.73 bits per heavy atom. The second-order valence-electron chi connectivity index (χ2n) is 11.0. The molecule has 0 fully saturated rings. The summed E-state index contributed by atoms with van der Waals surface area (Å²) in [5.74, 6) is 1.32. The molecule has 0 aliphatic heterocycles. The van der Waals surface area contributed by atoms with Crippen molar-refractivity contribution in [2.75, 3.05) is 11.6 Å². The van der Waals surface area contributed by atoms with Crippen molar-refractivity contribution >= 4 is 41.0 Å². The molecule has 6 rings (SSSR count). The Kier molecular flexibility index (Phi) is 8.55. The predicted molar refractivity (Wildman–Crippen MR) is 181 cm³/mol. The van der Waals surface area contributed by atoms with Crippen molar-refractivity contribution in [3.05, 3.63) is 114 Å². The zero-order chi connectivity index (χ0) is 31.6. The number of hydrogen-bond acceptors (Lipinski definition) is 7. The number of aromatic hydroxyl groups is 1. The molecule has 0 radical (unpaired) electrons. The van der Waals surface area contributed by atoms with Gasteiger partial charge in [0, 0.05) is 28.6 Å². The Labute approximate surface area is 270 Å². The van der Waals surface area contributed by atoms with E-state index in [0.717, 1.165) is 32.3 Å². The van der Waals surface area contributed by atoms with Gasteiger partial charge in [0.05, 0.1) is 21.7 Å². The summed E-state index contributed by atoms with van der Waals surface area (Å²) in [4.78, 5) is 15.2. The van der Waals surface area contributed by atoms with Crippen molar-refractivity contribution < 1.29 is 9.90 Å². The van der Waals surface area contributed by atoms with Crippen LogP contribution in [0.25, 0.3) is 22.7 Å². The number of amides is 2. The number of aromatic nitrogens is 5. The highest BCUT2D eigenvalue weighted by Crippen LogP contribution is 2.35. The van der Waals surface area contributed by atoms with Gasteiger partial charge in [-0.2, -0.15) is 16.9 Å². The van der Waals surface area contributed by atoms with Crippen molar-refractivity contribution in [3.63, 3.8) is 0 Å². The number of urea groups is 1. The van der Waals surface area contributed by atoms with Gasteiger partial charge >= 0.3 is 6.03 Å². The van der Waals surface area contributed by atoms with Crippen LogP contribution < -0.4 is 10.6 Å². The van der Waals surface area contributed by atoms with Crippen LogP contribution in [0.5, 0.6) is 5.75 Å². The van der Waals surface area contributed by atoms with E-state index in [-0.39, 0.29) is 16.5 Å². The Balaban J connectivity index is 1.20. The number of hydrogen-bond donors (Lipinski definition) is 3. The molecule has 0 saturated carbocycles. The number of anilines is 1. The minimum atomic E-state index is -0.325. The number of rotatable bonds is 9. The van der Waals surface area contributed by atoms with E-state index >= 15 is 0 Å². The smallest absolute Gasteiger partial charge is 0.320 e. The van der Waals surface area contributed by atoms with E-state index < -0.39 is 0 Å². The SMILES string of the molecule is CSC(C)(C)c1cc(NC(=O)NCc2ccccc2Sc2ccc3nnc(-c4ccc(C)cc4O)n3c2)n(-c2ccccc2)n1. The molecule has 3 N–H and O–H groups in total. The van der Waals surface area contributed by atoms with Gasteiger partial charge in [-0.1, -0.05) is 54.2 Å². The number of pyridine rings is 1. The summed E-state index contributed by atoms with van der Waals surface area (Å²) in [7, 11) is 0. The highest BCUT2D eigenvalue weighted by atomic mass is 32.2. The van der Waals surface area contributed by atoms with Crippen LogP contribution in [0.4, 0.5) is 10.6 Å². The molecule has 0 saturated heterocycles. The number of aryl methyl sites for hydroxylation is 1. The maximum atomic E-state index is 13.2. The third-order valence-corrected chi connectivity index (χ3v) is 9.81. The number of nitrogens with one attached hydrogen (secondary N) is 2. The highest BCUT2D eigenvalue weighted by Gasteiger charge is 2.25. The van der Waals surface area contributed by atoms with Gasteiger partial charge in [0.1, 0.15) is 11.6 Å². The molecule has 228 valence electrons. The van der Waals surface area contributed by atoms with Crippen molar-refractivity contribution in [1.82, 2.24) is 29.7 Å². The minimum Gasteiger partial charge on any atom is -0.507 e. The monoisotopic (exact) mass is 635 g/mol. The molecule has 3 aromatic carbocycles. The zero-order valence-electron chi connectivity index (χ0n) is 25.4. The summed E-state index contributed by atoms with van der Waals surface area (Å²) in [6.07, 6.45) is 4.01. The molecule has 0 spiro atoms. The standard InChI is InChI=1S/C34H33N7O2S2/c1-22-14-16-26(27(42)18-22)32-38-37-30-17-15-25(21-40(30)32)45-28-13-9-8-10-23(28)20-35-33(43)36-31-19-29(34(2,3)44-4)39-41(31)24-11-6-5-7-12-24/h5-19,21,42H,20H2,1-4H3,(H2,35,36,43). The first-order valence-electron chi connectivity index (χ1n) is 14.4. The molecule has 0 atom stereocenters. The van der Waals surface area contributed by atoms with Gasteiger partial charge in [-0.05, 0) is 80.6 Å². The summed E-state index contributed by atoms with van der Waals surface area (Å²) < 4.78 is 3.42. The fourth-order valence-corrected chi connectivity index (χ4v) is 6.07. The maximum Gasteiger partial charge on any atom is 0.320 e. The van der Waals surface area contributed by atoms with E-state index in [1.54, 1.807) is 34.3 Å². The number of benzene rings is 3. The summed E-state index contributed by atoms with van der Waals surface area (Å²) in [6.45, 7) is 6.48. The van der Waals surface area contributed by atoms with Gasteiger partial charge in [-0.15, -0.1) is 10.2 Å². The summed E-state index contributed by atoms with van der Waals surface area (Å²) >= 11 is 3.28. The normalized spacial score (nSPS) is 11.6. The molecule has 0 bridgehead atoms. The van der Waals surface area contributed by atoms with E-state index in [4.69, 9.17) is 5.10 Å². The number of para-hydroxylation sites is 1. The number of phenolic OH excluding ortho intramolecular Hbond substituents is 1. The second kappa shape index (κ2) is 12.7. The van der Waals surface area contributed by atoms with Crippen LogP contribution in [-0.4, -0.2) is 41.8 Å². The van der Waals surface area contributed by atoms with Gasteiger partial charge in [0.15, 0.2) is 11.5 Å². The molecule has 2 amide bonds. The first-order chi connectivity index (χ1) is 21.7. The number of carbonyl (C=O) groups is 1. The zero-order valence-corrected chi connectivity index (χ0v) is 27.0. The number of thioether (sulfide) groups is 1. The molecule has 11 heteroatoms.